The van der Waals surface area contributed by atoms with E-state index < -0.39 is 5.91 Å². The molecular weight excluding hydrogens is 276 g/mol. The highest BCUT2D eigenvalue weighted by Crippen LogP contribution is 2.15. The van der Waals surface area contributed by atoms with E-state index in [2.05, 4.69) is 24.4 Å². The lowest BCUT2D eigenvalue weighted by Crippen LogP contribution is -2.18. The summed E-state index contributed by atoms with van der Waals surface area (Å²) in [5, 5.41) is 2.74. The van der Waals surface area contributed by atoms with Gasteiger partial charge in [-0.3, -0.25) is 9.59 Å². The second-order valence-corrected chi connectivity index (χ2v) is 5.13. The van der Waals surface area contributed by atoms with Crippen molar-refractivity contribution >= 4 is 17.5 Å². The van der Waals surface area contributed by atoms with Crippen LogP contribution < -0.4 is 11.1 Å². The second-order valence-electron chi connectivity index (χ2n) is 5.13. The SMILES string of the molecule is CCc1ccc(CCC(=O)Nc2ccccc2C(N)=O)cc1. The molecule has 0 bridgehead atoms. The van der Waals surface area contributed by atoms with E-state index in [4.69, 9.17) is 5.73 Å². The molecule has 0 aliphatic rings. The number of carbonyl (C=O) groups excluding carboxylic acids is 2. The first-order valence-corrected chi connectivity index (χ1v) is 7.36. The van der Waals surface area contributed by atoms with Crippen molar-refractivity contribution in [2.75, 3.05) is 5.32 Å². The lowest BCUT2D eigenvalue weighted by atomic mass is 10.1. The summed E-state index contributed by atoms with van der Waals surface area (Å²) in [6.45, 7) is 2.11. The zero-order valence-electron chi connectivity index (χ0n) is 12.6. The molecule has 0 aliphatic carbocycles. The molecule has 2 amide bonds. The average molecular weight is 296 g/mol. The van der Waals surface area contributed by atoms with Gasteiger partial charge in [0.25, 0.3) is 5.91 Å². The number of nitrogens with one attached hydrogen (secondary N) is 1. The maximum Gasteiger partial charge on any atom is 0.250 e. The van der Waals surface area contributed by atoms with Gasteiger partial charge in [-0.1, -0.05) is 43.3 Å². The Morgan fingerprint density at radius 1 is 1.00 bits per heavy atom. The van der Waals surface area contributed by atoms with Crippen LogP contribution >= 0.6 is 0 Å². The molecule has 0 saturated heterocycles. The third-order valence-corrected chi connectivity index (χ3v) is 3.54. The Morgan fingerprint density at radius 2 is 1.64 bits per heavy atom. The normalized spacial score (nSPS) is 10.2. The number of anilines is 1. The lowest BCUT2D eigenvalue weighted by Gasteiger charge is -2.09. The van der Waals surface area contributed by atoms with Crippen molar-refractivity contribution in [1.82, 2.24) is 0 Å². The van der Waals surface area contributed by atoms with Crippen LogP contribution in [0.1, 0.15) is 34.8 Å². The molecule has 4 nitrogen and oxygen atoms in total. The third-order valence-electron chi connectivity index (χ3n) is 3.54. The summed E-state index contributed by atoms with van der Waals surface area (Å²) >= 11 is 0. The van der Waals surface area contributed by atoms with Gasteiger partial charge in [0, 0.05) is 6.42 Å². The van der Waals surface area contributed by atoms with E-state index in [0.29, 0.717) is 24.1 Å². The van der Waals surface area contributed by atoms with E-state index in [1.807, 2.05) is 12.1 Å². The minimum atomic E-state index is -0.550. The van der Waals surface area contributed by atoms with Crippen molar-refractivity contribution in [3.8, 4) is 0 Å². The average Bonchev–Trinajstić information content (AvgIpc) is 2.53. The number of rotatable bonds is 6. The zero-order valence-corrected chi connectivity index (χ0v) is 12.6. The molecular formula is C18H20N2O2. The van der Waals surface area contributed by atoms with Gasteiger partial charge >= 0.3 is 0 Å². The fourth-order valence-electron chi connectivity index (χ4n) is 2.22. The first kappa shape index (κ1) is 15.8. The standard InChI is InChI=1S/C18H20N2O2/c1-2-13-7-9-14(10-8-13)11-12-17(21)20-16-6-4-3-5-15(16)18(19)22/h3-10H,2,11-12H2,1H3,(H2,19,22)(H,20,21). The summed E-state index contributed by atoms with van der Waals surface area (Å²) < 4.78 is 0. The number of aryl methyl sites for hydroxylation is 2. The molecule has 0 aliphatic heterocycles. The maximum absolute atomic E-state index is 12.0. The second kappa shape index (κ2) is 7.41. The Morgan fingerprint density at radius 3 is 2.27 bits per heavy atom. The molecule has 0 aromatic heterocycles. The molecule has 3 N–H and O–H groups in total. The summed E-state index contributed by atoms with van der Waals surface area (Å²) in [6.07, 6.45) is 2.03. The number of nitrogens with two attached hydrogens (primary N) is 1. The summed E-state index contributed by atoms with van der Waals surface area (Å²) in [6, 6.07) is 15.0. The van der Waals surface area contributed by atoms with Crippen LogP contribution in [-0.2, 0) is 17.6 Å². The molecule has 0 fully saturated rings. The van der Waals surface area contributed by atoms with Crippen LogP contribution in [0.15, 0.2) is 48.5 Å². The molecule has 0 heterocycles. The minimum Gasteiger partial charge on any atom is -0.366 e. The number of hydrogen-bond acceptors (Lipinski definition) is 2. The van der Waals surface area contributed by atoms with Crippen LogP contribution in [-0.4, -0.2) is 11.8 Å². The summed E-state index contributed by atoms with van der Waals surface area (Å²) in [5.74, 6) is -0.681. The highest BCUT2D eigenvalue weighted by Gasteiger charge is 2.10. The molecule has 0 spiro atoms. The molecule has 0 atom stereocenters. The molecule has 2 aromatic carbocycles. The van der Waals surface area contributed by atoms with Crippen molar-refractivity contribution in [3.63, 3.8) is 0 Å². The first-order valence-electron chi connectivity index (χ1n) is 7.36. The van der Waals surface area contributed by atoms with Crippen LogP contribution in [0.4, 0.5) is 5.69 Å². The predicted octanol–water partition coefficient (Wildman–Crippen LogP) is 2.92. The number of hydrogen-bond donors (Lipinski definition) is 2. The van der Waals surface area contributed by atoms with E-state index in [9.17, 15) is 9.59 Å². The lowest BCUT2D eigenvalue weighted by molar-refractivity contribution is -0.116. The van der Waals surface area contributed by atoms with Crippen molar-refractivity contribution in [2.45, 2.75) is 26.2 Å². The number of para-hydroxylation sites is 1. The van der Waals surface area contributed by atoms with Gasteiger partial charge in [0.05, 0.1) is 11.3 Å². The van der Waals surface area contributed by atoms with Crippen molar-refractivity contribution in [1.29, 1.82) is 0 Å². The monoisotopic (exact) mass is 296 g/mol. The highest BCUT2D eigenvalue weighted by molar-refractivity contribution is 6.02. The summed E-state index contributed by atoms with van der Waals surface area (Å²) in [7, 11) is 0. The van der Waals surface area contributed by atoms with Gasteiger partial charge in [0.2, 0.25) is 5.91 Å². The number of carbonyl (C=O) groups is 2. The third kappa shape index (κ3) is 4.19. The van der Waals surface area contributed by atoms with Gasteiger partial charge in [-0.2, -0.15) is 0 Å². The van der Waals surface area contributed by atoms with Crippen LogP contribution in [0.5, 0.6) is 0 Å². The van der Waals surface area contributed by atoms with Gasteiger partial charge in [0.15, 0.2) is 0 Å². The van der Waals surface area contributed by atoms with Crippen molar-refractivity contribution in [2.24, 2.45) is 5.73 Å². The van der Waals surface area contributed by atoms with E-state index in [1.165, 1.54) is 5.56 Å². The van der Waals surface area contributed by atoms with Crippen LogP contribution in [0, 0.1) is 0 Å². The summed E-state index contributed by atoms with van der Waals surface area (Å²) in [5.41, 5.74) is 8.48. The minimum absolute atomic E-state index is 0.131. The van der Waals surface area contributed by atoms with Crippen molar-refractivity contribution in [3.05, 3.63) is 65.2 Å². The number of primary amides is 1. The quantitative estimate of drug-likeness (QED) is 0.860. The van der Waals surface area contributed by atoms with Gasteiger partial charge in [0.1, 0.15) is 0 Å². The fourth-order valence-corrected chi connectivity index (χ4v) is 2.22. The smallest absolute Gasteiger partial charge is 0.250 e. The fraction of sp³-hybridized carbons (Fsp3) is 0.222. The Labute approximate surface area is 130 Å². The van der Waals surface area contributed by atoms with Gasteiger partial charge < -0.3 is 11.1 Å². The molecule has 2 aromatic rings. The topological polar surface area (TPSA) is 72.2 Å². The van der Waals surface area contributed by atoms with E-state index >= 15 is 0 Å². The van der Waals surface area contributed by atoms with E-state index in [1.54, 1.807) is 24.3 Å². The zero-order chi connectivity index (χ0) is 15.9. The van der Waals surface area contributed by atoms with E-state index in [0.717, 1.165) is 12.0 Å². The highest BCUT2D eigenvalue weighted by atomic mass is 16.2. The Kier molecular flexibility index (Phi) is 5.31. The predicted molar refractivity (Wildman–Crippen MR) is 87.7 cm³/mol. The molecule has 0 unspecified atom stereocenters. The van der Waals surface area contributed by atoms with Crippen molar-refractivity contribution < 1.29 is 9.59 Å². The first-order chi connectivity index (χ1) is 10.6. The molecule has 4 heteroatoms. The van der Waals surface area contributed by atoms with Crippen LogP contribution in [0.2, 0.25) is 0 Å². The largest absolute Gasteiger partial charge is 0.366 e. The Balaban J connectivity index is 1.94. The Bertz CT molecular complexity index is 663. The van der Waals surface area contributed by atoms with Gasteiger partial charge in [-0.15, -0.1) is 0 Å². The molecule has 22 heavy (non-hydrogen) atoms. The Hall–Kier alpha value is -2.62. The van der Waals surface area contributed by atoms with E-state index in [-0.39, 0.29) is 5.91 Å². The maximum atomic E-state index is 12.0. The summed E-state index contributed by atoms with van der Waals surface area (Å²) in [4.78, 5) is 23.3. The molecule has 114 valence electrons. The molecule has 0 radical (unpaired) electrons. The van der Waals surface area contributed by atoms with Crippen LogP contribution in [0.25, 0.3) is 0 Å². The van der Waals surface area contributed by atoms with Crippen LogP contribution in [0.3, 0.4) is 0 Å². The van der Waals surface area contributed by atoms with Gasteiger partial charge in [-0.05, 0) is 36.1 Å². The number of amides is 2. The molecule has 0 saturated carbocycles. The number of benzene rings is 2. The molecule has 2 rings (SSSR count). The van der Waals surface area contributed by atoms with Gasteiger partial charge in [-0.25, -0.2) is 0 Å².